The number of carboxylic acids is 1. The highest BCUT2D eigenvalue weighted by Crippen LogP contribution is 2.10. The Labute approximate surface area is 94.3 Å². The quantitative estimate of drug-likeness (QED) is 0.731. The number of benzene rings is 1. The molecular weight excluding hydrogens is 209 g/mol. The summed E-state index contributed by atoms with van der Waals surface area (Å²) in [5.74, 6) is -1.91. The van der Waals surface area contributed by atoms with Crippen molar-refractivity contribution in [2.45, 2.75) is 26.3 Å². The number of aromatic carboxylic acids is 1. The zero-order valence-corrected chi connectivity index (χ0v) is 9.29. The molecule has 16 heavy (non-hydrogen) atoms. The molecule has 0 aromatic heterocycles. The number of unbranched alkanes of at least 4 members (excludes halogenated alkanes) is 1. The maximum Gasteiger partial charge on any atom is 0.338 e. The summed E-state index contributed by atoms with van der Waals surface area (Å²) in [4.78, 5) is 10.6. The normalized spacial score (nSPS) is 10.4. The van der Waals surface area contributed by atoms with Gasteiger partial charge in [-0.2, -0.15) is 0 Å². The maximum atomic E-state index is 13.3. The lowest BCUT2D eigenvalue weighted by Gasteiger charge is -2.05. The molecule has 0 bridgehead atoms. The molecule has 3 nitrogen and oxygen atoms in total. The first-order chi connectivity index (χ1) is 7.65. The summed E-state index contributed by atoms with van der Waals surface area (Å²) in [7, 11) is 0. The summed E-state index contributed by atoms with van der Waals surface area (Å²) in [6.07, 6.45) is 2.19. The summed E-state index contributed by atoms with van der Waals surface area (Å²) in [5, 5.41) is 11.8. The van der Waals surface area contributed by atoms with Crippen LogP contribution in [-0.4, -0.2) is 17.6 Å². The minimum Gasteiger partial charge on any atom is -0.478 e. The van der Waals surface area contributed by atoms with Gasteiger partial charge in [-0.15, -0.1) is 0 Å². The van der Waals surface area contributed by atoms with Gasteiger partial charge in [0, 0.05) is 6.54 Å². The van der Waals surface area contributed by atoms with Crippen molar-refractivity contribution in [2.24, 2.45) is 0 Å². The molecule has 0 saturated carbocycles. The zero-order valence-electron chi connectivity index (χ0n) is 9.29. The highest BCUT2D eigenvalue weighted by molar-refractivity contribution is 5.87. The lowest BCUT2D eigenvalue weighted by Crippen LogP contribution is -2.14. The van der Waals surface area contributed by atoms with Gasteiger partial charge in [0.15, 0.2) is 0 Å². The van der Waals surface area contributed by atoms with Crippen LogP contribution in [0.1, 0.15) is 35.7 Å². The van der Waals surface area contributed by atoms with Crippen LogP contribution in [0.15, 0.2) is 18.2 Å². The van der Waals surface area contributed by atoms with Crippen molar-refractivity contribution in [1.82, 2.24) is 5.32 Å². The Balaban J connectivity index is 2.56. The number of hydrogen-bond acceptors (Lipinski definition) is 2. The standard InChI is InChI=1S/C12H16FNO2/c1-2-3-6-14-8-9-4-5-10(12(15)16)11(13)7-9/h4-5,7,14H,2-3,6,8H2,1H3,(H,15,16). The fraction of sp³-hybridized carbons (Fsp3) is 0.417. The lowest BCUT2D eigenvalue weighted by atomic mass is 10.1. The third-order valence-corrected chi connectivity index (χ3v) is 2.30. The molecule has 1 aromatic rings. The SMILES string of the molecule is CCCCNCc1ccc(C(=O)O)c(F)c1. The molecule has 0 atom stereocenters. The second-order valence-electron chi connectivity index (χ2n) is 3.65. The second kappa shape index (κ2) is 6.23. The second-order valence-corrected chi connectivity index (χ2v) is 3.65. The van der Waals surface area contributed by atoms with Crippen molar-refractivity contribution >= 4 is 5.97 Å². The summed E-state index contributed by atoms with van der Waals surface area (Å²) in [6.45, 7) is 3.55. The summed E-state index contributed by atoms with van der Waals surface area (Å²) < 4.78 is 13.3. The first-order valence-corrected chi connectivity index (χ1v) is 5.37. The van der Waals surface area contributed by atoms with Crippen molar-refractivity contribution in [3.63, 3.8) is 0 Å². The van der Waals surface area contributed by atoms with Gasteiger partial charge < -0.3 is 10.4 Å². The van der Waals surface area contributed by atoms with Crippen molar-refractivity contribution in [1.29, 1.82) is 0 Å². The average Bonchev–Trinajstić information content (AvgIpc) is 2.24. The molecule has 0 fully saturated rings. The van der Waals surface area contributed by atoms with Gasteiger partial charge in [-0.1, -0.05) is 19.4 Å². The molecule has 0 aliphatic rings. The molecule has 0 heterocycles. The van der Waals surface area contributed by atoms with Gasteiger partial charge in [0.1, 0.15) is 5.82 Å². The number of nitrogens with one attached hydrogen (secondary N) is 1. The van der Waals surface area contributed by atoms with Crippen LogP contribution in [0, 0.1) is 5.82 Å². The summed E-state index contributed by atoms with van der Waals surface area (Å²) in [6, 6.07) is 4.20. The van der Waals surface area contributed by atoms with E-state index in [4.69, 9.17) is 5.11 Å². The van der Waals surface area contributed by atoms with Gasteiger partial charge in [0.25, 0.3) is 0 Å². The van der Waals surface area contributed by atoms with Crippen molar-refractivity contribution in [3.05, 3.63) is 35.1 Å². The van der Waals surface area contributed by atoms with Gasteiger partial charge >= 0.3 is 5.97 Å². The number of rotatable bonds is 6. The van der Waals surface area contributed by atoms with Crippen LogP contribution in [0.2, 0.25) is 0 Å². The Bertz CT molecular complexity index is 366. The van der Waals surface area contributed by atoms with E-state index < -0.39 is 11.8 Å². The van der Waals surface area contributed by atoms with Gasteiger partial charge in [-0.25, -0.2) is 9.18 Å². The molecule has 1 aromatic carbocycles. The maximum absolute atomic E-state index is 13.3. The van der Waals surface area contributed by atoms with Crippen LogP contribution in [0.3, 0.4) is 0 Å². The Morgan fingerprint density at radius 1 is 1.50 bits per heavy atom. The number of carbonyl (C=O) groups is 1. The van der Waals surface area contributed by atoms with Crippen LogP contribution in [0.25, 0.3) is 0 Å². The molecule has 1 rings (SSSR count). The molecule has 0 aliphatic heterocycles. The van der Waals surface area contributed by atoms with Crippen LogP contribution in [-0.2, 0) is 6.54 Å². The van der Waals surface area contributed by atoms with Crippen LogP contribution < -0.4 is 5.32 Å². The first-order valence-electron chi connectivity index (χ1n) is 5.37. The smallest absolute Gasteiger partial charge is 0.338 e. The molecular formula is C12H16FNO2. The van der Waals surface area contributed by atoms with E-state index in [1.807, 2.05) is 0 Å². The zero-order chi connectivity index (χ0) is 12.0. The minimum atomic E-state index is -1.23. The third kappa shape index (κ3) is 3.62. The molecule has 0 amide bonds. The lowest BCUT2D eigenvalue weighted by molar-refractivity contribution is 0.0692. The Morgan fingerprint density at radius 3 is 2.81 bits per heavy atom. The average molecular weight is 225 g/mol. The van der Waals surface area contributed by atoms with E-state index in [2.05, 4.69) is 12.2 Å². The molecule has 2 N–H and O–H groups in total. The predicted molar refractivity (Wildman–Crippen MR) is 60.0 cm³/mol. The van der Waals surface area contributed by atoms with Gasteiger partial charge in [-0.05, 0) is 30.7 Å². The fourth-order valence-corrected chi connectivity index (χ4v) is 1.38. The Hall–Kier alpha value is -1.42. The van der Waals surface area contributed by atoms with E-state index in [0.29, 0.717) is 6.54 Å². The molecule has 88 valence electrons. The predicted octanol–water partition coefficient (Wildman–Crippen LogP) is 2.41. The molecule has 0 radical (unpaired) electrons. The first kappa shape index (κ1) is 12.6. The molecule has 0 unspecified atom stereocenters. The van der Waals surface area contributed by atoms with Crippen molar-refractivity contribution in [3.8, 4) is 0 Å². The third-order valence-electron chi connectivity index (χ3n) is 2.30. The van der Waals surface area contributed by atoms with E-state index >= 15 is 0 Å². The number of carboxylic acid groups (broad SMARTS) is 1. The highest BCUT2D eigenvalue weighted by Gasteiger charge is 2.09. The molecule has 0 spiro atoms. The van der Waals surface area contributed by atoms with Crippen molar-refractivity contribution < 1.29 is 14.3 Å². The largest absolute Gasteiger partial charge is 0.478 e. The molecule has 0 aliphatic carbocycles. The molecule has 0 saturated heterocycles. The van der Waals surface area contributed by atoms with Gasteiger partial charge in [0.05, 0.1) is 5.56 Å². The fourth-order valence-electron chi connectivity index (χ4n) is 1.38. The highest BCUT2D eigenvalue weighted by atomic mass is 19.1. The van der Waals surface area contributed by atoms with Crippen LogP contribution in [0.5, 0.6) is 0 Å². The van der Waals surface area contributed by atoms with Crippen LogP contribution in [0.4, 0.5) is 4.39 Å². The Kier molecular flexibility index (Phi) is 4.92. The van der Waals surface area contributed by atoms with E-state index in [1.165, 1.54) is 12.1 Å². The number of hydrogen-bond donors (Lipinski definition) is 2. The Morgan fingerprint density at radius 2 is 2.25 bits per heavy atom. The summed E-state index contributed by atoms with van der Waals surface area (Å²) >= 11 is 0. The van der Waals surface area contributed by atoms with E-state index in [0.717, 1.165) is 24.9 Å². The van der Waals surface area contributed by atoms with E-state index in [-0.39, 0.29) is 5.56 Å². The van der Waals surface area contributed by atoms with Gasteiger partial charge in [-0.3, -0.25) is 0 Å². The van der Waals surface area contributed by atoms with E-state index in [1.54, 1.807) is 6.07 Å². The monoisotopic (exact) mass is 225 g/mol. The van der Waals surface area contributed by atoms with Crippen LogP contribution >= 0.6 is 0 Å². The van der Waals surface area contributed by atoms with E-state index in [9.17, 15) is 9.18 Å². The summed E-state index contributed by atoms with van der Waals surface area (Å²) in [5.41, 5.74) is 0.482. The molecule has 4 heteroatoms. The minimum absolute atomic E-state index is 0.280. The van der Waals surface area contributed by atoms with Gasteiger partial charge in [0.2, 0.25) is 0 Å². The number of halogens is 1. The topological polar surface area (TPSA) is 49.3 Å². The van der Waals surface area contributed by atoms with Crippen molar-refractivity contribution in [2.75, 3.05) is 6.54 Å².